The lowest BCUT2D eigenvalue weighted by Crippen LogP contribution is -2.41. The van der Waals surface area contributed by atoms with E-state index in [9.17, 15) is 4.79 Å². The van der Waals surface area contributed by atoms with Gasteiger partial charge in [0.25, 0.3) is 0 Å². The van der Waals surface area contributed by atoms with Crippen molar-refractivity contribution in [3.8, 4) is 0 Å². The summed E-state index contributed by atoms with van der Waals surface area (Å²) in [5, 5.41) is 4.06. The summed E-state index contributed by atoms with van der Waals surface area (Å²) < 4.78 is 0. The normalized spacial score (nSPS) is 12.3. The van der Waals surface area contributed by atoms with E-state index in [4.69, 9.17) is 0 Å². The molecule has 1 atom stereocenters. The van der Waals surface area contributed by atoms with E-state index in [2.05, 4.69) is 10.3 Å². The van der Waals surface area contributed by atoms with Gasteiger partial charge < -0.3 is 5.32 Å². The van der Waals surface area contributed by atoms with Gasteiger partial charge in [0.2, 0.25) is 5.91 Å². The van der Waals surface area contributed by atoms with Crippen molar-refractivity contribution in [2.24, 2.45) is 0 Å². The number of carbonyl (C=O) groups is 1. The number of hydrogen-bond acceptors (Lipinski definition) is 3. The maximum atomic E-state index is 12.8. The van der Waals surface area contributed by atoms with Gasteiger partial charge in [0.15, 0.2) is 0 Å². The smallest absolute Gasteiger partial charge is 0.242 e. The first kappa shape index (κ1) is 16.1. The zero-order chi connectivity index (χ0) is 16.9. The minimum Gasteiger partial charge on any atom is -0.323 e. The molecule has 0 bridgehead atoms. The Kier molecular flexibility index (Phi) is 4.87. The molecule has 3 rings (SSSR count). The highest BCUT2D eigenvalue weighted by Gasteiger charge is 2.22. The van der Waals surface area contributed by atoms with Crippen LogP contribution in [0.5, 0.6) is 0 Å². The molecule has 4 nitrogen and oxygen atoms in total. The zero-order valence-electron chi connectivity index (χ0n) is 13.9. The molecule has 0 saturated heterocycles. The second kappa shape index (κ2) is 7.23. The molecule has 0 aliphatic rings. The quantitative estimate of drug-likeness (QED) is 0.784. The van der Waals surface area contributed by atoms with Crippen molar-refractivity contribution in [1.82, 2.24) is 9.88 Å². The van der Waals surface area contributed by atoms with E-state index < -0.39 is 0 Å². The Morgan fingerprint density at radius 1 is 1.04 bits per heavy atom. The van der Waals surface area contributed by atoms with E-state index in [0.29, 0.717) is 6.42 Å². The van der Waals surface area contributed by atoms with Gasteiger partial charge in [-0.3, -0.25) is 14.7 Å². The first-order chi connectivity index (χ1) is 11.6. The molecule has 0 fully saturated rings. The summed E-state index contributed by atoms with van der Waals surface area (Å²) in [5.74, 6) is -0.0259. The third-order valence-electron chi connectivity index (χ3n) is 4.09. The number of aromatic nitrogens is 1. The van der Waals surface area contributed by atoms with Gasteiger partial charge in [-0.15, -0.1) is 0 Å². The van der Waals surface area contributed by atoms with Crippen molar-refractivity contribution in [2.45, 2.75) is 12.5 Å². The maximum Gasteiger partial charge on any atom is 0.242 e. The molecule has 4 heteroatoms. The van der Waals surface area contributed by atoms with Gasteiger partial charge in [0, 0.05) is 11.6 Å². The number of amides is 1. The van der Waals surface area contributed by atoms with E-state index in [0.717, 1.165) is 22.2 Å². The molecule has 24 heavy (non-hydrogen) atoms. The number of benzene rings is 2. The Morgan fingerprint density at radius 2 is 1.79 bits per heavy atom. The Bertz CT molecular complexity index is 825. The third-order valence-corrected chi connectivity index (χ3v) is 4.09. The van der Waals surface area contributed by atoms with Crippen LogP contribution in [0.1, 0.15) is 5.56 Å². The summed E-state index contributed by atoms with van der Waals surface area (Å²) in [6, 6.07) is 19.5. The second-order valence-corrected chi connectivity index (χ2v) is 6.04. The molecular formula is C20H21N3O. The van der Waals surface area contributed by atoms with Crippen molar-refractivity contribution in [3.05, 3.63) is 72.4 Å². The van der Waals surface area contributed by atoms with Gasteiger partial charge in [-0.25, -0.2) is 0 Å². The molecule has 0 saturated carbocycles. The van der Waals surface area contributed by atoms with Crippen molar-refractivity contribution in [2.75, 3.05) is 19.4 Å². The Morgan fingerprint density at radius 3 is 2.54 bits per heavy atom. The Balaban J connectivity index is 1.83. The number of hydrogen-bond donors (Lipinski definition) is 1. The van der Waals surface area contributed by atoms with Crippen LogP contribution >= 0.6 is 0 Å². The van der Waals surface area contributed by atoms with Crippen molar-refractivity contribution in [3.63, 3.8) is 0 Å². The molecule has 3 aromatic rings. The number of pyridine rings is 1. The lowest BCUT2D eigenvalue weighted by Gasteiger charge is -2.23. The van der Waals surface area contributed by atoms with E-state index in [-0.39, 0.29) is 11.9 Å². The average molecular weight is 319 g/mol. The molecule has 0 aliphatic heterocycles. The maximum absolute atomic E-state index is 12.8. The number of para-hydroxylation sites is 1. The van der Waals surface area contributed by atoms with E-state index in [1.165, 1.54) is 0 Å². The number of carbonyl (C=O) groups excluding carboxylic acids is 1. The van der Waals surface area contributed by atoms with E-state index in [1.54, 1.807) is 6.20 Å². The number of nitrogens with one attached hydrogen (secondary N) is 1. The minimum atomic E-state index is -0.244. The second-order valence-electron chi connectivity index (χ2n) is 6.04. The highest BCUT2D eigenvalue weighted by Crippen LogP contribution is 2.21. The van der Waals surface area contributed by atoms with Gasteiger partial charge in [0.05, 0.1) is 17.2 Å². The molecule has 0 radical (unpaired) electrons. The van der Waals surface area contributed by atoms with E-state index >= 15 is 0 Å². The molecule has 0 spiro atoms. The first-order valence-corrected chi connectivity index (χ1v) is 8.00. The third kappa shape index (κ3) is 3.60. The van der Waals surface area contributed by atoms with Crippen LogP contribution in [0.25, 0.3) is 10.9 Å². The minimum absolute atomic E-state index is 0.0259. The average Bonchev–Trinajstić information content (AvgIpc) is 2.60. The topological polar surface area (TPSA) is 45.2 Å². The molecule has 0 aliphatic carbocycles. The molecule has 122 valence electrons. The number of nitrogens with zero attached hydrogens (tertiary/aromatic N) is 2. The lowest BCUT2D eigenvalue weighted by atomic mass is 10.0. The summed E-state index contributed by atoms with van der Waals surface area (Å²) in [7, 11) is 3.85. The van der Waals surface area contributed by atoms with Gasteiger partial charge in [-0.05, 0) is 38.2 Å². The van der Waals surface area contributed by atoms with Crippen LogP contribution in [0.4, 0.5) is 5.69 Å². The van der Waals surface area contributed by atoms with Crippen LogP contribution in [0.15, 0.2) is 66.9 Å². The summed E-state index contributed by atoms with van der Waals surface area (Å²) in [6.45, 7) is 0. The number of fused-ring (bicyclic) bond motifs is 1. The van der Waals surface area contributed by atoms with Crippen LogP contribution < -0.4 is 5.32 Å². The lowest BCUT2D eigenvalue weighted by molar-refractivity contribution is -0.120. The summed E-state index contributed by atoms with van der Waals surface area (Å²) in [4.78, 5) is 19.2. The summed E-state index contributed by atoms with van der Waals surface area (Å²) in [5.41, 5.74) is 2.70. The molecule has 1 heterocycles. The SMILES string of the molecule is CN(C)[C@@H](Cc1ccccc1)C(=O)Nc1cccc2cccnc12. The van der Waals surface area contributed by atoms with Crippen molar-refractivity contribution >= 4 is 22.5 Å². The predicted molar refractivity (Wildman–Crippen MR) is 98.0 cm³/mol. The van der Waals surface area contributed by atoms with Crippen LogP contribution in [-0.4, -0.2) is 35.9 Å². The number of likely N-dealkylation sites (N-methyl/N-ethyl adjacent to an activating group) is 1. The largest absolute Gasteiger partial charge is 0.323 e. The first-order valence-electron chi connectivity index (χ1n) is 8.00. The zero-order valence-corrected chi connectivity index (χ0v) is 13.9. The van der Waals surface area contributed by atoms with Crippen LogP contribution in [-0.2, 0) is 11.2 Å². The Labute approximate surface area is 142 Å². The molecule has 1 aromatic heterocycles. The number of anilines is 1. The highest BCUT2D eigenvalue weighted by molar-refractivity contribution is 6.02. The molecular weight excluding hydrogens is 298 g/mol. The fourth-order valence-corrected chi connectivity index (χ4v) is 2.77. The van der Waals surface area contributed by atoms with Gasteiger partial charge >= 0.3 is 0 Å². The highest BCUT2D eigenvalue weighted by atomic mass is 16.2. The monoisotopic (exact) mass is 319 g/mol. The van der Waals surface area contributed by atoms with E-state index in [1.807, 2.05) is 79.7 Å². The van der Waals surface area contributed by atoms with Crippen LogP contribution in [0.3, 0.4) is 0 Å². The predicted octanol–water partition coefficient (Wildman–Crippen LogP) is 3.35. The molecule has 1 amide bonds. The molecule has 1 N–H and O–H groups in total. The fourth-order valence-electron chi connectivity index (χ4n) is 2.77. The number of rotatable bonds is 5. The summed E-state index contributed by atoms with van der Waals surface area (Å²) in [6.07, 6.45) is 2.41. The van der Waals surface area contributed by atoms with Crippen LogP contribution in [0, 0.1) is 0 Å². The summed E-state index contributed by atoms with van der Waals surface area (Å²) >= 11 is 0. The van der Waals surface area contributed by atoms with Gasteiger partial charge in [-0.2, -0.15) is 0 Å². The Hall–Kier alpha value is -2.72. The molecule has 0 unspecified atom stereocenters. The fraction of sp³-hybridized carbons (Fsp3) is 0.200. The van der Waals surface area contributed by atoms with Crippen molar-refractivity contribution < 1.29 is 4.79 Å². The van der Waals surface area contributed by atoms with Gasteiger partial charge in [0.1, 0.15) is 0 Å². The standard InChI is InChI=1S/C20H21N3O/c1-23(2)18(14-15-8-4-3-5-9-15)20(24)22-17-12-6-10-16-11-7-13-21-19(16)17/h3-13,18H,14H2,1-2H3,(H,22,24)/t18-/m0/s1. The van der Waals surface area contributed by atoms with Crippen LogP contribution in [0.2, 0.25) is 0 Å². The van der Waals surface area contributed by atoms with Gasteiger partial charge in [-0.1, -0.05) is 48.5 Å². The van der Waals surface area contributed by atoms with Crippen molar-refractivity contribution in [1.29, 1.82) is 0 Å². The molecule has 2 aromatic carbocycles.